The molecule has 0 saturated carbocycles. The molecule has 3 fully saturated rings. The van der Waals surface area contributed by atoms with E-state index in [0.717, 1.165) is 57.8 Å². The van der Waals surface area contributed by atoms with Crippen LogP contribution in [0.4, 0.5) is 0 Å². The highest BCUT2D eigenvalue weighted by molar-refractivity contribution is 5.76. The number of carbonyl (C=O) groups excluding carboxylic acids is 1. The summed E-state index contributed by atoms with van der Waals surface area (Å²) < 4.78 is 34.5. The molecule has 0 spiro atoms. The molecule has 17 unspecified atom stereocenters. The van der Waals surface area contributed by atoms with Gasteiger partial charge in [-0.3, -0.25) is 4.79 Å². The van der Waals surface area contributed by atoms with Crippen LogP contribution < -0.4 is 5.32 Å². The van der Waals surface area contributed by atoms with Crippen LogP contribution in [0.25, 0.3) is 0 Å². The molecule has 0 aromatic rings. The zero-order valence-corrected chi connectivity index (χ0v) is 62.2. The first-order chi connectivity index (χ1) is 48.3. The van der Waals surface area contributed by atoms with Crippen molar-refractivity contribution in [2.24, 2.45) is 0 Å². The first-order valence-corrected chi connectivity index (χ1v) is 40.7. The predicted molar refractivity (Wildman–Crippen MR) is 393 cm³/mol. The molecular weight excluding hydrogens is 1260 g/mol. The summed E-state index contributed by atoms with van der Waals surface area (Å²) in [5.41, 5.74) is 0. The van der Waals surface area contributed by atoms with E-state index in [1.165, 1.54) is 250 Å². The van der Waals surface area contributed by atoms with Gasteiger partial charge in [-0.1, -0.05) is 314 Å². The maximum absolute atomic E-state index is 13.5. The smallest absolute Gasteiger partial charge is 0.220 e. The van der Waals surface area contributed by atoms with Gasteiger partial charge in [-0.05, 0) is 51.4 Å². The fourth-order valence-corrected chi connectivity index (χ4v) is 13.9. The lowest BCUT2D eigenvalue weighted by atomic mass is 9.96. The number of rotatable bonds is 65. The number of aliphatic hydroxyl groups is 11. The minimum Gasteiger partial charge on any atom is -0.394 e. The second-order valence-electron chi connectivity index (χ2n) is 29.2. The van der Waals surface area contributed by atoms with Crippen molar-refractivity contribution in [3.63, 3.8) is 0 Å². The molecule has 3 heterocycles. The van der Waals surface area contributed by atoms with E-state index in [2.05, 4.69) is 43.5 Å². The maximum Gasteiger partial charge on any atom is 0.220 e. The summed E-state index contributed by atoms with van der Waals surface area (Å²) in [5.74, 6) is -0.273. The number of unbranched alkanes of at least 4 members (excludes halogenated alkanes) is 45. The fraction of sp³-hybridized carbons (Fsp3) is 0.912. The molecule has 0 aromatic heterocycles. The SMILES string of the molecule is CCCCCCC/C=C\C/C=C\CCCCCCCCCCCCCC(=O)NC(COC1OC(CO)C(OC2OC(CO)C(OC3OC(CO)C(O)C(O)C3O)C(O)C2O)C(O)C1O)C(O)/C=C/CCCCCCCCCCCCCCCCCCCCCCCCCCCCCCC. The van der Waals surface area contributed by atoms with Crippen LogP contribution in [0.2, 0.25) is 0 Å². The molecule has 3 saturated heterocycles. The third-order valence-corrected chi connectivity index (χ3v) is 20.4. The van der Waals surface area contributed by atoms with E-state index in [4.69, 9.17) is 28.4 Å². The molecule has 19 nitrogen and oxygen atoms in total. The maximum atomic E-state index is 13.5. The first kappa shape index (κ1) is 91.2. The Morgan fingerprint density at radius 2 is 0.667 bits per heavy atom. The van der Waals surface area contributed by atoms with Gasteiger partial charge < -0.3 is 89.9 Å². The minimum absolute atomic E-state index is 0.242. The molecule has 99 heavy (non-hydrogen) atoms. The molecule has 3 aliphatic rings. The summed E-state index contributed by atoms with van der Waals surface area (Å²) in [6.07, 6.45) is 48.5. The average molecular weight is 1410 g/mol. The third kappa shape index (κ3) is 41.5. The van der Waals surface area contributed by atoms with Crippen LogP contribution in [0, 0.1) is 0 Å². The summed E-state index contributed by atoms with van der Waals surface area (Å²) in [6.45, 7) is 1.77. The van der Waals surface area contributed by atoms with E-state index in [-0.39, 0.29) is 18.9 Å². The van der Waals surface area contributed by atoms with Crippen LogP contribution in [0.5, 0.6) is 0 Å². The zero-order valence-electron chi connectivity index (χ0n) is 62.2. The molecule has 0 aliphatic carbocycles. The van der Waals surface area contributed by atoms with Crippen LogP contribution in [0.3, 0.4) is 0 Å². The Hall–Kier alpha value is -1.99. The van der Waals surface area contributed by atoms with Gasteiger partial charge in [0.2, 0.25) is 5.91 Å². The largest absolute Gasteiger partial charge is 0.394 e. The Morgan fingerprint density at radius 1 is 0.364 bits per heavy atom. The van der Waals surface area contributed by atoms with E-state index in [0.29, 0.717) is 6.42 Å². The number of hydrogen-bond donors (Lipinski definition) is 12. The van der Waals surface area contributed by atoms with Gasteiger partial charge in [-0.2, -0.15) is 0 Å². The number of aliphatic hydroxyl groups excluding tert-OH is 11. The van der Waals surface area contributed by atoms with E-state index < -0.39 is 124 Å². The number of amides is 1. The number of carbonyl (C=O) groups is 1. The second-order valence-corrected chi connectivity index (χ2v) is 29.2. The molecule has 0 aromatic carbocycles. The van der Waals surface area contributed by atoms with Crippen LogP contribution in [0.15, 0.2) is 36.5 Å². The second kappa shape index (κ2) is 61.2. The van der Waals surface area contributed by atoms with Crippen LogP contribution in [0.1, 0.15) is 335 Å². The van der Waals surface area contributed by atoms with Crippen molar-refractivity contribution in [1.29, 1.82) is 0 Å². The highest BCUT2D eigenvalue weighted by Crippen LogP contribution is 2.33. The lowest BCUT2D eigenvalue weighted by Gasteiger charge is -2.48. The fourth-order valence-electron chi connectivity index (χ4n) is 13.9. The molecule has 12 N–H and O–H groups in total. The van der Waals surface area contributed by atoms with Gasteiger partial charge in [-0.25, -0.2) is 0 Å². The highest BCUT2D eigenvalue weighted by Gasteiger charge is 2.54. The number of allylic oxidation sites excluding steroid dienone is 5. The molecule has 17 atom stereocenters. The zero-order chi connectivity index (χ0) is 71.8. The summed E-state index contributed by atoms with van der Waals surface area (Å²) >= 11 is 0. The standard InChI is InChI=1S/C80H149NO18/c1-3-5-7-9-11-13-15-17-19-21-23-25-27-28-29-30-31-32-33-34-36-37-39-41-43-45-47-49-51-53-55-57-64(85)63(81-68(86)58-56-54-52-50-48-46-44-42-40-38-35-26-24-22-20-18-16-14-12-10-8-6-4-2)62-94-78-74(92)71(89)76(66(60-83)96-78)99-80-75(93)72(90)77(67(61-84)97-80)98-79-73(91)70(88)69(87)65(59-82)95-79/h16,18,22,24,55,57,63-67,69-80,82-85,87-93H,3-15,17,19-21,23,25-54,56,58-62H2,1-2H3,(H,81,86)/b18-16-,24-22-,57-55+. The summed E-state index contributed by atoms with van der Waals surface area (Å²) in [7, 11) is 0. The van der Waals surface area contributed by atoms with Crippen molar-refractivity contribution in [3.05, 3.63) is 36.5 Å². The van der Waals surface area contributed by atoms with Crippen molar-refractivity contribution in [1.82, 2.24) is 5.32 Å². The number of ether oxygens (including phenoxy) is 6. The van der Waals surface area contributed by atoms with Crippen molar-refractivity contribution in [3.8, 4) is 0 Å². The average Bonchev–Trinajstić information content (AvgIpc) is 0.782. The van der Waals surface area contributed by atoms with E-state index >= 15 is 0 Å². The quantitative estimate of drug-likeness (QED) is 0.0199. The Bertz CT molecular complexity index is 1930. The number of hydrogen-bond acceptors (Lipinski definition) is 18. The first-order valence-electron chi connectivity index (χ1n) is 40.7. The van der Waals surface area contributed by atoms with Crippen LogP contribution in [-0.4, -0.2) is 193 Å². The van der Waals surface area contributed by atoms with Crippen molar-refractivity contribution >= 4 is 5.91 Å². The van der Waals surface area contributed by atoms with Crippen LogP contribution in [-0.2, 0) is 33.2 Å². The lowest BCUT2D eigenvalue weighted by molar-refractivity contribution is -0.379. The monoisotopic (exact) mass is 1410 g/mol. The summed E-state index contributed by atoms with van der Waals surface area (Å²) in [6, 6.07) is -0.976. The van der Waals surface area contributed by atoms with Gasteiger partial charge in [0, 0.05) is 6.42 Å². The molecule has 0 radical (unpaired) electrons. The number of nitrogens with one attached hydrogen (secondary N) is 1. The lowest BCUT2D eigenvalue weighted by Crippen LogP contribution is -2.66. The molecule has 0 bridgehead atoms. The Labute approximate surface area is 600 Å². The topological polar surface area (TPSA) is 307 Å². The predicted octanol–water partition coefficient (Wildman–Crippen LogP) is 13.5. The Balaban J connectivity index is 1.37. The minimum atomic E-state index is -1.98. The summed E-state index contributed by atoms with van der Waals surface area (Å²) in [4.78, 5) is 13.5. The van der Waals surface area contributed by atoms with Gasteiger partial charge in [0.15, 0.2) is 18.9 Å². The summed E-state index contributed by atoms with van der Waals surface area (Å²) in [5, 5.41) is 121. The van der Waals surface area contributed by atoms with Gasteiger partial charge in [-0.15, -0.1) is 0 Å². The van der Waals surface area contributed by atoms with E-state index in [1.54, 1.807) is 6.08 Å². The highest BCUT2D eigenvalue weighted by atomic mass is 16.8. The van der Waals surface area contributed by atoms with Crippen molar-refractivity contribution in [2.45, 2.75) is 439 Å². The van der Waals surface area contributed by atoms with Crippen LogP contribution >= 0.6 is 0 Å². The normalized spacial score (nSPS) is 26.7. The van der Waals surface area contributed by atoms with Gasteiger partial charge in [0.1, 0.15) is 73.2 Å². The Kier molecular flexibility index (Phi) is 56.4. The van der Waals surface area contributed by atoms with Gasteiger partial charge in [0.05, 0.1) is 38.6 Å². The molecular formula is C80H149NO18. The molecule has 582 valence electrons. The molecule has 1 amide bonds. The Morgan fingerprint density at radius 3 is 1.03 bits per heavy atom. The van der Waals surface area contributed by atoms with Crippen molar-refractivity contribution < 1.29 is 89.4 Å². The van der Waals surface area contributed by atoms with E-state index in [9.17, 15) is 61.0 Å². The van der Waals surface area contributed by atoms with E-state index in [1.807, 2.05) is 6.08 Å². The van der Waals surface area contributed by atoms with Crippen molar-refractivity contribution in [2.75, 3.05) is 26.4 Å². The van der Waals surface area contributed by atoms with Gasteiger partial charge >= 0.3 is 0 Å². The molecule has 3 aliphatic heterocycles. The van der Waals surface area contributed by atoms with Gasteiger partial charge in [0.25, 0.3) is 0 Å². The molecule has 3 rings (SSSR count). The third-order valence-electron chi connectivity index (χ3n) is 20.4. The molecule has 19 heteroatoms.